The second-order valence-corrected chi connectivity index (χ2v) is 9.25. The van der Waals surface area contributed by atoms with Gasteiger partial charge in [-0.3, -0.25) is 9.59 Å². The van der Waals surface area contributed by atoms with Crippen LogP contribution in [0.15, 0.2) is 24.3 Å². The zero-order valence-electron chi connectivity index (χ0n) is 17.9. The summed E-state index contributed by atoms with van der Waals surface area (Å²) in [6, 6.07) is 4.51. The minimum Gasteiger partial charge on any atom is -0.376 e. The van der Waals surface area contributed by atoms with E-state index in [1.165, 1.54) is 24.3 Å². The van der Waals surface area contributed by atoms with Gasteiger partial charge in [0.25, 0.3) is 0 Å². The van der Waals surface area contributed by atoms with Gasteiger partial charge in [-0.25, -0.2) is 4.39 Å². The van der Waals surface area contributed by atoms with Crippen LogP contribution in [0.1, 0.15) is 56.9 Å². The Morgan fingerprint density at radius 2 is 1.88 bits per heavy atom. The maximum atomic E-state index is 13.9. The summed E-state index contributed by atoms with van der Waals surface area (Å²) in [6.45, 7) is 0. The fourth-order valence-electron chi connectivity index (χ4n) is 4.19. The van der Waals surface area contributed by atoms with Gasteiger partial charge in [-0.2, -0.15) is 5.26 Å². The van der Waals surface area contributed by atoms with Crippen LogP contribution in [-0.4, -0.2) is 35.1 Å². The SMILES string of the molecule is N#CC(O)C(CC1CCCC1)NC(=O)[C@H](CC1CC1)NC(=O)/C=C/c1ccc(Cl)cc1F. The molecule has 2 aliphatic carbocycles. The Hall–Kier alpha value is -2.43. The molecule has 32 heavy (non-hydrogen) atoms. The zero-order valence-corrected chi connectivity index (χ0v) is 18.7. The van der Waals surface area contributed by atoms with E-state index in [1.54, 1.807) is 0 Å². The second kappa shape index (κ2) is 11.4. The first kappa shape index (κ1) is 24.2. The summed E-state index contributed by atoms with van der Waals surface area (Å²) in [6.07, 6.45) is 8.52. The molecule has 2 saturated carbocycles. The number of carbonyl (C=O) groups is 2. The predicted molar refractivity (Wildman–Crippen MR) is 120 cm³/mol. The molecule has 0 spiro atoms. The predicted octanol–water partition coefficient (Wildman–Crippen LogP) is 3.73. The lowest BCUT2D eigenvalue weighted by Gasteiger charge is -2.26. The van der Waals surface area contributed by atoms with Crippen molar-refractivity contribution in [3.63, 3.8) is 0 Å². The van der Waals surface area contributed by atoms with Crippen LogP contribution in [-0.2, 0) is 9.59 Å². The summed E-state index contributed by atoms with van der Waals surface area (Å²) in [4.78, 5) is 25.4. The van der Waals surface area contributed by atoms with Gasteiger partial charge >= 0.3 is 0 Å². The molecule has 2 amide bonds. The molecule has 0 radical (unpaired) electrons. The monoisotopic (exact) mass is 461 g/mol. The molecule has 2 aliphatic rings. The Bertz CT molecular complexity index is 891. The Kier molecular flexibility index (Phi) is 8.66. The molecule has 3 N–H and O–H groups in total. The van der Waals surface area contributed by atoms with Crippen molar-refractivity contribution in [1.29, 1.82) is 5.26 Å². The van der Waals surface area contributed by atoms with Gasteiger partial charge in [-0.1, -0.05) is 56.2 Å². The van der Waals surface area contributed by atoms with Crippen LogP contribution in [0.5, 0.6) is 0 Å². The minimum atomic E-state index is -1.30. The molecule has 0 aromatic heterocycles. The number of carbonyl (C=O) groups excluding carboxylic acids is 2. The van der Waals surface area contributed by atoms with E-state index in [-0.39, 0.29) is 10.6 Å². The number of nitrogens with zero attached hydrogens (tertiary/aromatic N) is 1. The smallest absolute Gasteiger partial charge is 0.244 e. The molecule has 3 rings (SSSR count). The third-order valence-electron chi connectivity index (χ3n) is 6.18. The number of rotatable bonds is 10. The largest absolute Gasteiger partial charge is 0.376 e. The highest BCUT2D eigenvalue weighted by Crippen LogP contribution is 2.34. The third-order valence-corrected chi connectivity index (χ3v) is 6.41. The first-order valence-electron chi connectivity index (χ1n) is 11.2. The van der Waals surface area contributed by atoms with E-state index in [0.717, 1.165) is 44.6 Å². The van der Waals surface area contributed by atoms with E-state index < -0.39 is 35.8 Å². The summed E-state index contributed by atoms with van der Waals surface area (Å²) >= 11 is 5.74. The lowest BCUT2D eigenvalue weighted by atomic mass is 9.95. The van der Waals surface area contributed by atoms with E-state index in [2.05, 4.69) is 10.6 Å². The Balaban J connectivity index is 1.63. The van der Waals surface area contributed by atoms with Crippen molar-refractivity contribution >= 4 is 29.5 Å². The summed E-state index contributed by atoms with van der Waals surface area (Å²) in [5, 5.41) is 25.1. The van der Waals surface area contributed by atoms with Crippen molar-refractivity contribution in [3.05, 3.63) is 40.7 Å². The summed E-state index contributed by atoms with van der Waals surface area (Å²) < 4.78 is 13.9. The standard InChI is InChI=1S/C24H29ClFN3O3/c25-18-9-7-17(19(26)13-18)8-10-23(31)28-21(12-16-5-6-16)24(32)29-20(22(30)14-27)11-15-3-1-2-4-15/h7-10,13,15-16,20-22,30H,1-6,11-12H2,(H,28,31)(H,29,32)/b10-8+/t20?,21-,22?/m0/s1. The Morgan fingerprint density at radius 1 is 1.19 bits per heavy atom. The van der Waals surface area contributed by atoms with E-state index >= 15 is 0 Å². The van der Waals surface area contributed by atoms with Gasteiger partial charge in [0.2, 0.25) is 11.8 Å². The topological polar surface area (TPSA) is 102 Å². The zero-order chi connectivity index (χ0) is 23.1. The van der Waals surface area contributed by atoms with E-state index in [4.69, 9.17) is 11.6 Å². The molecule has 0 heterocycles. The van der Waals surface area contributed by atoms with Crippen LogP contribution in [0, 0.1) is 29.0 Å². The highest BCUT2D eigenvalue weighted by molar-refractivity contribution is 6.30. The maximum Gasteiger partial charge on any atom is 0.244 e. The molecule has 0 bridgehead atoms. The van der Waals surface area contributed by atoms with Gasteiger partial charge in [-0.05, 0) is 42.9 Å². The van der Waals surface area contributed by atoms with Gasteiger partial charge in [0.05, 0.1) is 12.1 Å². The number of hydrogen-bond donors (Lipinski definition) is 3. The Labute approximate surface area is 192 Å². The number of halogens is 2. The van der Waals surface area contributed by atoms with E-state index in [9.17, 15) is 24.3 Å². The highest BCUT2D eigenvalue weighted by atomic mass is 35.5. The first-order valence-corrected chi connectivity index (χ1v) is 11.5. The number of aliphatic hydroxyl groups excluding tert-OH is 1. The van der Waals surface area contributed by atoms with Crippen LogP contribution in [0.3, 0.4) is 0 Å². The van der Waals surface area contributed by atoms with Crippen molar-refractivity contribution in [2.75, 3.05) is 0 Å². The highest BCUT2D eigenvalue weighted by Gasteiger charge is 2.33. The summed E-state index contributed by atoms with van der Waals surface area (Å²) in [5.41, 5.74) is 0.210. The summed E-state index contributed by atoms with van der Waals surface area (Å²) in [7, 11) is 0. The van der Waals surface area contributed by atoms with Crippen LogP contribution < -0.4 is 10.6 Å². The van der Waals surface area contributed by atoms with Gasteiger partial charge in [0.1, 0.15) is 11.9 Å². The molecule has 1 aromatic carbocycles. The second-order valence-electron chi connectivity index (χ2n) is 8.81. The maximum absolute atomic E-state index is 13.9. The quantitative estimate of drug-likeness (QED) is 0.365. The van der Waals surface area contributed by atoms with E-state index in [0.29, 0.717) is 24.7 Å². The van der Waals surface area contributed by atoms with Gasteiger partial charge < -0.3 is 15.7 Å². The normalized spacial score (nSPS) is 19.3. The minimum absolute atomic E-state index is 0.210. The van der Waals surface area contributed by atoms with Gasteiger partial charge in [0.15, 0.2) is 6.10 Å². The molecular weight excluding hydrogens is 433 g/mol. The van der Waals surface area contributed by atoms with Gasteiger partial charge in [-0.15, -0.1) is 0 Å². The average molecular weight is 462 g/mol. The fourth-order valence-corrected chi connectivity index (χ4v) is 4.34. The molecule has 0 saturated heterocycles. The lowest BCUT2D eigenvalue weighted by molar-refractivity contribution is -0.128. The van der Waals surface area contributed by atoms with Crippen molar-refractivity contribution < 1.29 is 19.1 Å². The number of aliphatic hydroxyl groups is 1. The molecular formula is C24H29ClFN3O3. The van der Waals surface area contributed by atoms with Crippen molar-refractivity contribution in [2.24, 2.45) is 11.8 Å². The fraction of sp³-hybridized carbons (Fsp3) is 0.542. The molecule has 2 unspecified atom stereocenters. The molecule has 1 aromatic rings. The number of amides is 2. The molecule has 2 fully saturated rings. The van der Waals surface area contributed by atoms with E-state index in [1.807, 2.05) is 6.07 Å². The molecule has 0 aliphatic heterocycles. The van der Waals surface area contributed by atoms with Crippen LogP contribution in [0.4, 0.5) is 4.39 Å². The third kappa shape index (κ3) is 7.32. The molecule has 6 nitrogen and oxygen atoms in total. The lowest BCUT2D eigenvalue weighted by Crippen LogP contribution is -2.52. The number of nitriles is 1. The van der Waals surface area contributed by atoms with Crippen molar-refractivity contribution in [3.8, 4) is 6.07 Å². The summed E-state index contributed by atoms with van der Waals surface area (Å²) in [5.74, 6) is -0.745. The molecule has 8 heteroatoms. The Morgan fingerprint density at radius 3 is 2.50 bits per heavy atom. The van der Waals surface area contributed by atoms with Gasteiger partial charge in [0, 0.05) is 16.7 Å². The molecule has 172 valence electrons. The van der Waals surface area contributed by atoms with Crippen LogP contribution in [0.25, 0.3) is 6.08 Å². The average Bonchev–Trinajstić information content (AvgIpc) is 3.43. The molecule has 3 atom stereocenters. The van der Waals surface area contributed by atoms with Crippen molar-refractivity contribution in [1.82, 2.24) is 10.6 Å². The number of nitrogens with one attached hydrogen (secondary N) is 2. The first-order chi connectivity index (χ1) is 15.4. The van der Waals surface area contributed by atoms with Crippen LogP contribution in [0.2, 0.25) is 5.02 Å². The van der Waals surface area contributed by atoms with Crippen molar-refractivity contribution in [2.45, 2.75) is 69.6 Å². The number of hydrogen-bond acceptors (Lipinski definition) is 4. The van der Waals surface area contributed by atoms with Crippen LogP contribution >= 0.6 is 11.6 Å². The number of benzene rings is 1.